The molecule has 0 amide bonds. The van der Waals surface area contributed by atoms with Gasteiger partial charge in [-0.3, -0.25) is 4.79 Å². The first-order chi connectivity index (χ1) is 20.9. The van der Waals surface area contributed by atoms with E-state index >= 15 is 0 Å². The molecule has 5 heteroatoms. The Kier molecular flexibility index (Phi) is 19.8. The summed E-state index contributed by atoms with van der Waals surface area (Å²) in [7, 11) is 0. The van der Waals surface area contributed by atoms with Crippen molar-refractivity contribution >= 4 is 23.5 Å². The van der Waals surface area contributed by atoms with Crippen LogP contribution in [0.1, 0.15) is 147 Å². The lowest BCUT2D eigenvalue weighted by molar-refractivity contribution is -0.134. The van der Waals surface area contributed by atoms with Crippen LogP contribution in [0.4, 0.5) is 0 Å². The number of esters is 2. The van der Waals surface area contributed by atoms with E-state index in [9.17, 15) is 9.59 Å². The zero-order chi connectivity index (χ0) is 31.1. The third-order valence-electron chi connectivity index (χ3n) is 7.90. The van der Waals surface area contributed by atoms with E-state index in [1.54, 1.807) is 12.1 Å². The number of rotatable bonds is 24. The molecule has 2 aromatic carbocycles. The lowest BCUT2D eigenvalue weighted by Gasteiger charge is -2.12. The molecule has 0 heterocycles. The smallest absolute Gasteiger partial charge is 0.338 e. The SMILES string of the molecule is CCCCCCCCCCCCCCCCCCC(=O)Oc1ccc(-c2ccc(C(=O)OCC(Cl)CC(C)C)cc2)cc1. The quantitative estimate of drug-likeness (QED) is 0.0512. The van der Waals surface area contributed by atoms with E-state index < -0.39 is 0 Å². The second-order valence-corrected chi connectivity index (χ2v) is 13.1. The fourth-order valence-corrected chi connectivity index (χ4v) is 5.76. The van der Waals surface area contributed by atoms with Crippen molar-refractivity contribution in [3.8, 4) is 16.9 Å². The van der Waals surface area contributed by atoms with Gasteiger partial charge in [-0.1, -0.05) is 141 Å². The predicted octanol–water partition coefficient (Wildman–Crippen LogP) is 11.7. The maximum atomic E-state index is 12.3. The van der Waals surface area contributed by atoms with Crippen LogP contribution in [0.15, 0.2) is 48.5 Å². The van der Waals surface area contributed by atoms with Crippen LogP contribution in [0.3, 0.4) is 0 Å². The predicted molar refractivity (Wildman–Crippen MR) is 181 cm³/mol. The Morgan fingerprint density at radius 2 is 1.09 bits per heavy atom. The molecule has 43 heavy (non-hydrogen) atoms. The van der Waals surface area contributed by atoms with Crippen molar-refractivity contribution in [1.82, 2.24) is 0 Å². The summed E-state index contributed by atoms with van der Waals surface area (Å²) >= 11 is 6.23. The van der Waals surface area contributed by atoms with Gasteiger partial charge in [-0.15, -0.1) is 11.6 Å². The van der Waals surface area contributed by atoms with Crippen LogP contribution in [0.25, 0.3) is 11.1 Å². The van der Waals surface area contributed by atoms with Crippen molar-refractivity contribution < 1.29 is 19.1 Å². The third kappa shape index (κ3) is 17.5. The van der Waals surface area contributed by atoms with Gasteiger partial charge < -0.3 is 9.47 Å². The number of ether oxygens (including phenoxy) is 2. The third-order valence-corrected chi connectivity index (χ3v) is 8.20. The highest BCUT2D eigenvalue weighted by atomic mass is 35.5. The number of unbranched alkanes of at least 4 members (excludes halogenated alkanes) is 15. The average molecular weight is 613 g/mol. The van der Waals surface area contributed by atoms with Gasteiger partial charge >= 0.3 is 11.9 Å². The molecule has 0 N–H and O–H groups in total. The molecule has 2 aromatic rings. The molecule has 1 unspecified atom stereocenters. The van der Waals surface area contributed by atoms with Crippen molar-refractivity contribution in [3.63, 3.8) is 0 Å². The van der Waals surface area contributed by atoms with Crippen LogP contribution in [-0.4, -0.2) is 23.9 Å². The highest BCUT2D eigenvalue weighted by Gasteiger charge is 2.13. The Labute approximate surface area is 267 Å². The van der Waals surface area contributed by atoms with Gasteiger partial charge in [0.1, 0.15) is 12.4 Å². The molecule has 4 nitrogen and oxygen atoms in total. The molecule has 0 saturated heterocycles. The molecule has 0 aromatic heterocycles. The number of halogens is 1. The fraction of sp³-hybridized carbons (Fsp3) is 0.632. The van der Waals surface area contributed by atoms with Crippen LogP contribution in [0.2, 0.25) is 0 Å². The largest absolute Gasteiger partial charge is 0.461 e. The highest BCUT2D eigenvalue weighted by Crippen LogP contribution is 2.24. The first-order valence-electron chi connectivity index (χ1n) is 17.1. The van der Waals surface area contributed by atoms with Crippen molar-refractivity contribution in [2.24, 2.45) is 5.92 Å². The lowest BCUT2D eigenvalue weighted by atomic mass is 10.0. The van der Waals surface area contributed by atoms with Crippen molar-refractivity contribution in [2.75, 3.05) is 6.61 Å². The van der Waals surface area contributed by atoms with E-state index in [1.165, 1.54) is 89.9 Å². The van der Waals surface area contributed by atoms with Crippen molar-refractivity contribution in [2.45, 2.75) is 142 Å². The van der Waals surface area contributed by atoms with Crippen LogP contribution >= 0.6 is 11.6 Å². The molecule has 0 spiro atoms. The minimum Gasteiger partial charge on any atom is -0.461 e. The van der Waals surface area contributed by atoms with E-state index in [1.807, 2.05) is 36.4 Å². The molecule has 0 bridgehead atoms. The molecule has 2 rings (SSSR count). The molecule has 240 valence electrons. The highest BCUT2D eigenvalue weighted by molar-refractivity contribution is 6.20. The van der Waals surface area contributed by atoms with E-state index in [4.69, 9.17) is 21.1 Å². The number of hydrogen-bond donors (Lipinski definition) is 0. The minimum atomic E-state index is -0.368. The molecule has 0 aliphatic carbocycles. The molecule has 0 fully saturated rings. The summed E-state index contributed by atoms with van der Waals surface area (Å²) in [6, 6.07) is 14.8. The molecule has 0 aliphatic rings. The van der Waals surface area contributed by atoms with Gasteiger partial charge in [0.25, 0.3) is 0 Å². The molecule has 0 saturated carbocycles. The first-order valence-corrected chi connectivity index (χ1v) is 17.5. The summed E-state index contributed by atoms with van der Waals surface area (Å²) in [5.41, 5.74) is 2.45. The average Bonchev–Trinajstić information content (AvgIpc) is 3.00. The van der Waals surface area contributed by atoms with E-state index in [0.29, 0.717) is 23.7 Å². The number of carbonyl (C=O) groups is 2. The molecule has 1 atom stereocenters. The zero-order valence-electron chi connectivity index (χ0n) is 27.2. The molecular weight excluding hydrogens is 556 g/mol. The molecular formula is C38H57ClO4. The number of benzene rings is 2. The Morgan fingerprint density at radius 3 is 1.56 bits per heavy atom. The molecule has 0 radical (unpaired) electrons. The van der Waals surface area contributed by atoms with E-state index in [0.717, 1.165) is 30.4 Å². The van der Waals surface area contributed by atoms with Gasteiger partial charge in [-0.05, 0) is 54.2 Å². The Bertz CT molecular complexity index is 1000. The molecule has 0 aliphatic heterocycles. The summed E-state index contributed by atoms with van der Waals surface area (Å²) in [6.07, 6.45) is 22.3. The monoisotopic (exact) mass is 612 g/mol. The second-order valence-electron chi connectivity index (χ2n) is 12.5. The Balaban J connectivity index is 1.53. The minimum absolute atomic E-state index is 0.173. The first kappa shape index (κ1) is 36.9. The number of carbonyl (C=O) groups excluding carboxylic acids is 2. The number of hydrogen-bond acceptors (Lipinski definition) is 4. The summed E-state index contributed by atoms with van der Waals surface area (Å²) in [5, 5.41) is -0.176. The van der Waals surface area contributed by atoms with Gasteiger partial charge in [0.15, 0.2) is 0 Å². The Morgan fingerprint density at radius 1 is 0.651 bits per heavy atom. The zero-order valence-corrected chi connectivity index (χ0v) is 28.0. The summed E-state index contributed by atoms with van der Waals surface area (Å²) in [5.74, 6) is 0.475. The summed E-state index contributed by atoms with van der Waals surface area (Å²) in [6.45, 7) is 6.67. The van der Waals surface area contributed by atoms with Crippen LogP contribution in [0, 0.1) is 5.92 Å². The van der Waals surface area contributed by atoms with Crippen molar-refractivity contribution in [1.29, 1.82) is 0 Å². The summed E-state index contributed by atoms with van der Waals surface area (Å²) < 4.78 is 10.9. The van der Waals surface area contributed by atoms with Gasteiger partial charge in [-0.2, -0.15) is 0 Å². The van der Waals surface area contributed by atoms with Crippen LogP contribution in [0.5, 0.6) is 5.75 Å². The second kappa shape index (κ2) is 23.1. The summed E-state index contributed by atoms with van der Waals surface area (Å²) in [4.78, 5) is 24.6. The Hall–Kier alpha value is -2.33. The maximum Gasteiger partial charge on any atom is 0.338 e. The fourth-order valence-electron chi connectivity index (χ4n) is 5.34. The van der Waals surface area contributed by atoms with Crippen LogP contribution < -0.4 is 4.74 Å². The van der Waals surface area contributed by atoms with Gasteiger partial charge in [0.05, 0.1) is 10.9 Å². The van der Waals surface area contributed by atoms with Gasteiger partial charge in [0.2, 0.25) is 0 Å². The normalized spacial score (nSPS) is 11.9. The lowest BCUT2D eigenvalue weighted by Crippen LogP contribution is -2.16. The topological polar surface area (TPSA) is 52.6 Å². The van der Waals surface area contributed by atoms with Gasteiger partial charge in [0, 0.05) is 6.42 Å². The van der Waals surface area contributed by atoms with E-state index in [-0.39, 0.29) is 23.9 Å². The van der Waals surface area contributed by atoms with Gasteiger partial charge in [-0.25, -0.2) is 4.79 Å². The van der Waals surface area contributed by atoms with E-state index in [2.05, 4.69) is 20.8 Å². The number of alkyl halides is 1. The van der Waals surface area contributed by atoms with Crippen molar-refractivity contribution in [3.05, 3.63) is 54.1 Å². The standard InChI is InChI=1S/C38H57ClO4/c1-4-5-6-7-8-9-10-11-12-13-14-15-16-17-18-19-20-37(40)43-36-27-25-33(26-28-36)32-21-23-34(24-22-32)38(41)42-30-35(39)29-31(2)3/h21-28,31,35H,4-20,29-30H2,1-3H3. The maximum absolute atomic E-state index is 12.3. The van der Waals surface area contributed by atoms with Crippen LogP contribution in [-0.2, 0) is 9.53 Å².